The number of rotatable bonds is 5. The van der Waals surface area contributed by atoms with Crippen LogP contribution >= 0.6 is 23.2 Å². The molecule has 1 amide bonds. The Balaban J connectivity index is 3.02. The van der Waals surface area contributed by atoms with Gasteiger partial charge in [0.1, 0.15) is 5.54 Å². The fraction of sp³-hybridized carbons (Fsp3) is 0.429. The highest BCUT2D eigenvalue weighted by atomic mass is 35.5. The first kappa shape index (κ1) is 16.8. The molecule has 0 aliphatic heterocycles. The number of hydrogen-bond acceptors (Lipinski definition) is 3. The van der Waals surface area contributed by atoms with Crippen LogP contribution in [0.25, 0.3) is 0 Å². The van der Waals surface area contributed by atoms with Crippen molar-refractivity contribution in [2.45, 2.75) is 32.2 Å². The molecule has 1 rings (SSSR count). The minimum absolute atomic E-state index is 0.227. The zero-order valence-corrected chi connectivity index (χ0v) is 13.1. The van der Waals surface area contributed by atoms with E-state index in [1.165, 1.54) is 19.2 Å². The molecule has 0 fully saturated rings. The van der Waals surface area contributed by atoms with Gasteiger partial charge in [-0.25, -0.2) is 4.79 Å². The van der Waals surface area contributed by atoms with Crippen molar-refractivity contribution in [3.63, 3.8) is 0 Å². The number of nitrogens with one attached hydrogen (secondary N) is 1. The van der Waals surface area contributed by atoms with Gasteiger partial charge >= 0.3 is 5.97 Å². The van der Waals surface area contributed by atoms with E-state index < -0.39 is 17.4 Å². The lowest BCUT2D eigenvalue weighted by molar-refractivity contribution is -0.147. The van der Waals surface area contributed by atoms with Crippen molar-refractivity contribution in [1.82, 2.24) is 5.32 Å². The largest absolute Gasteiger partial charge is 0.467 e. The summed E-state index contributed by atoms with van der Waals surface area (Å²) in [7, 11) is 1.29. The van der Waals surface area contributed by atoms with E-state index in [-0.39, 0.29) is 10.6 Å². The molecule has 1 unspecified atom stereocenters. The van der Waals surface area contributed by atoms with Gasteiger partial charge in [-0.1, -0.05) is 36.5 Å². The third kappa shape index (κ3) is 3.87. The minimum Gasteiger partial charge on any atom is -0.467 e. The van der Waals surface area contributed by atoms with Crippen LogP contribution in [0.5, 0.6) is 0 Å². The number of ether oxygens (including phenoxy) is 1. The Bertz CT molecular complexity index is 519. The number of amides is 1. The van der Waals surface area contributed by atoms with Gasteiger partial charge in [0.15, 0.2) is 0 Å². The van der Waals surface area contributed by atoms with Gasteiger partial charge in [0.25, 0.3) is 5.91 Å². The molecule has 0 aromatic heterocycles. The van der Waals surface area contributed by atoms with Crippen molar-refractivity contribution in [3.05, 3.63) is 33.8 Å². The van der Waals surface area contributed by atoms with Crippen LogP contribution in [0.2, 0.25) is 10.0 Å². The minimum atomic E-state index is -1.09. The van der Waals surface area contributed by atoms with Crippen LogP contribution in [0, 0.1) is 0 Å². The molecule has 1 N–H and O–H groups in total. The second kappa shape index (κ2) is 6.95. The quantitative estimate of drug-likeness (QED) is 0.846. The van der Waals surface area contributed by atoms with Gasteiger partial charge in [-0.05, 0) is 31.5 Å². The van der Waals surface area contributed by atoms with Crippen molar-refractivity contribution in [3.8, 4) is 0 Å². The zero-order valence-electron chi connectivity index (χ0n) is 11.6. The summed E-state index contributed by atoms with van der Waals surface area (Å²) in [6.07, 6.45) is 1.18. The van der Waals surface area contributed by atoms with Crippen LogP contribution < -0.4 is 5.32 Å². The van der Waals surface area contributed by atoms with E-state index in [2.05, 4.69) is 5.32 Å². The van der Waals surface area contributed by atoms with Gasteiger partial charge in [-0.2, -0.15) is 0 Å². The Labute approximate surface area is 128 Å². The van der Waals surface area contributed by atoms with Gasteiger partial charge in [-0.3, -0.25) is 4.79 Å². The third-order valence-electron chi connectivity index (χ3n) is 2.95. The molecule has 20 heavy (non-hydrogen) atoms. The number of halogens is 2. The molecule has 1 atom stereocenters. The fourth-order valence-electron chi connectivity index (χ4n) is 1.93. The van der Waals surface area contributed by atoms with Crippen LogP contribution in [0.15, 0.2) is 18.2 Å². The van der Waals surface area contributed by atoms with Crippen molar-refractivity contribution in [2.75, 3.05) is 7.11 Å². The maximum Gasteiger partial charge on any atom is 0.331 e. The number of carbonyl (C=O) groups excluding carboxylic acids is 2. The molecule has 6 heteroatoms. The summed E-state index contributed by atoms with van der Waals surface area (Å²) in [4.78, 5) is 24.1. The van der Waals surface area contributed by atoms with Gasteiger partial charge < -0.3 is 10.1 Å². The second-order valence-electron chi connectivity index (χ2n) is 4.65. The summed E-state index contributed by atoms with van der Waals surface area (Å²) in [5.41, 5.74) is -0.864. The van der Waals surface area contributed by atoms with Crippen molar-refractivity contribution in [1.29, 1.82) is 0 Å². The fourth-order valence-corrected chi connectivity index (χ4v) is 2.31. The molecule has 0 heterocycles. The molecule has 0 saturated heterocycles. The molecule has 110 valence electrons. The Morgan fingerprint density at radius 2 is 2.00 bits per heavy atom. The number of carbonyl (C=O) groups is 2. The first-order valence-electron chi connectivity index (χ1n) is 6.20. The van der Waals surface area contributed by atoms with E-state index >= 15 is 0 Å². The highest BCUT2D eigenvalue weighted by Gasteiger charge is 2.35. The van der Waals surface area contributed by atoms with Crippen LogP contribution in [-0.4, -0.2) is 24.5 Å². The normalized spacial score (nSPS) is 13.4. The van der Waals surface area contributed by atoms with Gasteiger partial charge in [0, 0.05) is 5.02 Å². The lowest BCUT2D eigenvalue weighted by Gasteiger charge is -2.27. The number of esters is 1. The average molecular weight is 318 g/mol. The van der Waals surface area contributed by atoms with E-state index in [9.17, 15) is 9.59 Å². The smallest absolute Gasteiger partial charge is 0.331 e. The average Bonchev–Trinajstić information content (AvgIpc) is 2.40. The van der Waals surface area contributed by atoms with E-state index in [1.807, 2.05) is 6.92 Å². The maximum absolute atomic E-state index is 12.3. The summed E-state index contributed by atoms with van der Waals surface area (Å²) in [6.45, 7) is 3.54. The lowest BCUT2D eigenvalue weighted by Crippen LogP contribution is -2.52. The molecular weight excluding hydrogens is 301 g/mol. The van der Waals surface area contributed by atoms with Crippen LogP contribution in [0.1, 0.15) is 37.0 Å². The molecule has 1 aromatic rings. The lowest BCUT2D eigenvalue weighted by atomic mass is 9.95. The summed E-state index contributed by atoms with van der Waals surface area (Å²) in [6, 6.07) is 4.59. The number of hydrogen-bond donors (Lipinski definition) is 1. The van der Waals surface area contributed by atoms with Crippen molar-refractivity contribution in [2.24, 2.45) is 0 Å². The maximum atomic E-state index is 12.3. The van der Waals surface area contributed by atoms with E-state index in [0.29, 0.717) is 11.4 Å². The SMILES string of the molecule is CCCC(C)(NC(=O)c1cc(Cl)ccc1Cl)C(=O)OC. The van der Waals surface area contributed by atoms with Gasteiger partial charge in [-0.15, -0.1) is 0 Å². The van der Waals surface area contributed by atoms with E-state index in [4.69, 9.17) is 27.9 Å². The topological polar surface area (TPSA) is 55.4 Å². The molecule has 0 spiro atoms. The van der Waals surface area contributed by atoms with Crippen LogP contribution in [-0.2, 0) is 9.53 Å². The first-order chi connectivity index (χ1) is 9.34. The summed E-state index contributed by atoms with van der Waals surface area (Å²) < 4.78 is 4.75. The predicted octanol–water partition coefficient (Wildman–Crippen LogP) is 3.46. The molecule has 0 bridgehead atoms. The Morgan fingerprint density at radius 3 is 2.55 bits per heavy atom. The van der Waals surface area contributed by atoms with E-state index in [1.54, 1.807) is 13.0 Å². The first-order valence-corrected chi connectivity index (χ1v) is 6.95. The third-order valence-corrected chi connectivity index (χ3v) is 3.51. The Hall–Kier alpha value is -1.26. The van der Waals surface area contributed by atoms with Crippen molar-refractivity contribution < 1.29 is 14.3 Å². The summed E-state index contributed by atoms with van der Waals surface area (Å²) in [5.74, 6) is -0.954. The molecule has 1 aromatic carbocycles. The van der Waals surface area contributed by atoms with Crippen LogP contribution in [0.4, 0.5) is 0 Å². The summed E-state index contributed by atoms with van der Waals surface area (Å²) >= 11 is 11.8. The molecular formula is C14H17Cl2NO3. The molecule has 0 aliphatic carbocycles. The van der Waals surface area contributed by atoms with E-state index in [0.717, 1.165) is 6.42 Å². The highest BCUT2D eigenvalue weighted by Crippen LogP contribution is 2.22. The number of benzene rings is 1. The Morgan fingerprint density at radius 1 is 1.35 bits per heavy atom. The molecule has 0 saturated carbocycles. The van der Waals surface area contributed by atoms with Crippen molar-refractivity contribution >= 4 is 35.1 Å². The Kier molecular flexibility index (Phi) is 5.84. The molecule has 0 aliphatic rings. The summed E-state index contributed by atoms with van der Waals surface area (Å²) in [5, 5.41) is 3.34. The predicted molar refractivity (Wildman–Crippen MR) is 79.3 cm³/mol. The zero-order chi connectivity index (χ0) is 15.3. The van der Waals surface area contributed by atoms with Gasteiger partial charge in [0.2, 0.25) is 0 Å². The standard InChI is InChI=1S/C14H17Cl2NO3/c1-4-7-14(2,13(19)20-3)17-12(18)10-8-9(15)5-6-11(10)16/h5-6,8H,4,7H2,1-3H3,(H,17,18). The van der Waals surface area contributed by atoms with Gasteiger partial charge in [0.05, 0.1) is 17.7 Å². The highest BCUT2D eigenvalue weighted by molar-refractivity contribution is 6.35. The molecule has 0 radical (unpaired) electrons. The molecule has 4 nitrogen and oxygen atoms in total. The number of methoxy groups -OCH3 is 1. The second-order valence-corrected chi connectivity index (χ2v) is 5.50. The van der Waals surface area contributed by atoms with Crippen LogP contribution in [0.3, 0.4) is 0 Å². The monoisotopic (exact) mass is 317 g/mol.